The van der Waals surface area contributed by atoms with E-state index in [1.807, 2.05) is 42.5 Å². The Kier molecular flexibility index (Phi) is 5.26. The molecule has 2 aromatic carbocycles. The van der Waals surface area contributed by atoms with E-state index in [-0.39, 0.29) is 18.6 Å². The Bertz CT molecular complexity index is 666. The van der Waals surface area contributed by atoms with Crippen molar-refractivity contribution in [3.05, 3.63) is 42.5 Å². The molecule has 0 aliphatic carbocycles. The van der Waals surface area contributed by atoms with Crippen LogP contribution in [0.5, 0.6) is 0 Å². The molecule has 4 nitrogen and oxygen atoms in total. The molecule has 0 spiro atoms. The Hall–Kier alpha value is -1.91. The number of nitrogens with zero attached hydrogens (tertiary/aromatic N) is 1. The number of aliphatic hydroxyl groups is 1. The van der Waals surface area contributed by atoms with Crippen molar-refractivity contribution in [1.82, 2.24) is 4.90 Å². The first kappa shape index (κ1) is 16.0. The number of anilines is 1. The van der Waals surface area contributed by atoms with Gasteiger partial charge in [0.05, 0.1) is 6.61 Å². The molecule has 122 valence electrons. The average molecular weight is 312 g/mol. The first-order valence-corrected chi connectivity index (χ1v) is 8.40. The summed E-state index contributed by atoms with van der Waals surface area (Å²) in [6, 6.07) is 14.2. The zero-order valence-electron chi connectivity index (χ0n) is 13.4. The highest BCUT2D eigenvalue weighted by Crippen LogP contribution is 2.23. The molecule has 3 rings (SSSR count). The number of piperidine rings is 1. The molecule has 2 aromatic rings. The first-order valence-electron chi connectivity index (χ1n) is 8.40. The Balaban J connectivity index is 1.60. The van der Waals surface area contributed by atoms with E-state index in [9.17, 15) is 9.90 Å². The molecule has 0 aromatic heterocycles. The number of fused-ring (bicyclic) bond motifs is 1. The molecular formula is C19H24N2O2. The molecule has 2 N–H and O–H groups in total. The van der Waals surface area contributed by atoms with Crippen LogP contribution in [0.3, 0.4) is 0 Å². The van der Waals surface area contributed by atoms with Crippen LogP contribution in [-0.2, 0) is 4.79 Å². The predicted molar refractivity (Wildman–Crippen MR) is 93.5 cm³/mol. The Morgan fingerprint density at radius 1 is 1.17 bits per heavy atom. The van der Waals surface area contributed by atoms with Crippen LogP contribution in [0.2, 0.25) is 0 Å². The van der Waals surface area contributed by atoms with Gasteiger partial charge in [-0.25, -0.2) is 0 Å². The van der Waals surface area contributed by atoms with E-state index in [0.29, 0.717) is 13.0 Å². The lowest BCUT2D eigenvalue weighted by atomic mass is 10.0. The van der Waals surface area contributed by atoms with Crippen LogP contribution < -0.4 is 5.32 Å². The van der Waals surface area contributed by atoms with Gasteiger partial charge in [0.15, 0.2) is 0 Å². The number of aliphatic hydroxyl groups excluding tert-OH is 1. The summed E-state index contributed by atoms with van der Waals surface area (Å²) in [5, 5.41) is 14.7. The van der Waals surface area contributed by atoms with Crippen molar-refractivity contribution in [2.75, 3.05) is 25.0 Å². The molecule has 0 bridgehead atoms. The number of hydrogen-bond donors (Lipinski definition) is 2. The highest BCUT2D eigenvalue weighted by atomic mass is 16.3. The summed E-state index contributed by atoms with van der Waals surface area (Å²) in [7, 11) is 0. The summed E-state index contributed by atoms with van der Waals surface area (Å²) >= 11 is 0. The molecule has 1 saturated heterocycles. The molecule has 1 aliphatic rings. The largest absolute Gasteiger partial charge is 0.395 e. The number of benzene rings is 2. The quantitative estimate of drug-likeness (QED) is 0.892. The fourth-order valence-electron chi connectivity index (χ4n) is 3.35. The van der Waals surface area contributed by atoms with Gasteiger partial charge < -0.3 is 10.4 Å². The van der Waals surface area contributed by atoms with E-state index >= 15 is 0 Å². The molecule has 1 heterocycles. The van der Waals surface area contributed by atoms with Gasteiger partial charge in [0.1, 0.15) is 0 Å². The van der Waals surface area contributed by atoms with Crippen LogP contribution in [-0.4, -0.2) is 41.7 Å². The van der Waals surface area contributed by atoms with Crippen LogP contribution >= 0.6 is 0 Å². The van der Waals surface area contributed by atoms with E-state index in [1.165, 1.54) is 6.42 Å². The van der Waals surface area contributed by atoms with Gasteiger partial charge in [-0.15, -0.1) is 0 Å². The molecule has 1 fully saturated rings. The van der Waals surface area contributed by atoms with Crippen molar-refractivity contribution in [3.8, 4) is 0 Å². The SMILES string of the molecule is O=C(CCN1CCCCC1CO)Nc1cccc2ccccc12. The van der Waals surface area contributed by atoms with Crippen molar-refractivity contribution in [1.29, 1.82) is 0 Å². The maximum absolute atomic E-state index is 12.3. The molecule has 1 aliphatic heterocycles. The van der Waals surface area contributed by atoms with Crippen molar-refractivity contribution < 1.29 is 9.90 Å². The van der Waals surface area contributed by atoms with Gasteiger partial charge in [0.25, 0.3) is 0 Å². The minimum atomic E-state index is 0.0311. The van der Waals surface area contributed by atoms with E-state index in [1.54, 1.807) is 0 Å². The minimum Gasteiger partial charge on any atom is -0.395 e. The van der Waals surface area contributed by atoms with Gasteiger partial charge in [0, 0.05) is 30.1 Å². The highest BCUT2D eigenvalue weighted by Gasteiger charge is 2.21. The summed E-state index contributed by atoms with van der Waals surface area (Å²) in [6.45, 7) is 1.87. The summed E-state index contributed by atoms with van der Waals surface area (Å²) in [6.07, 6.45) is 3.81. The summed E-state index contributed by atoms with van der Waals surface area (Å²) < 4.78 is 0. The van der Waals surface area contributed by atoms with Gasteiger partial charge in [-0.3, -0.25) is 9.69 Å². The highest BCUT2D eigenvalue weighted by molar-refractivity contribution is 6.02. The standard InChI is InChI=1S/C19H24N2O2/c22-14-16-8-3-4-12-21(16)13-11-19(23)20-18-10-5-7-15-6-1-2-9-17(15)18/h1-2,5-7,9-10,16,22H,3-4,8,11-14H2,(H,20,23). The van der Waals surface area contributed by atoms with Crippen LogP contribution in [0.25, 0.3) is 10.8 Å². The first-order chi connectivity index (χ1) is 11.3. The molecule has 23 heavy (non-hydrogen) atoms. The second-order valence-corrected chi connectivity index (χ2v) is 6.19. The number of carbonyl (C=O) groups is 1. The number of hydrogen-bond acceptors (Lipinski definition) is 3. The topological polar surface area (TPSA) is 52.6 Å². The van der Waals surface area contributed by atoms with Crippen molar-refractivity contribution in [3.63, 3.8) is 0 Å². The number of rotatable bonds is 5. The molecule has 1 unspecified atom stereocenters. The molecular weight excluding hydrogens is 288 g/mol. The molecule has 4 heteroatoms. The Labute approximate surface area is 137 Å². The fraction of sp³-hybridized carbons (Fsp3) is 0.421. The van der Waals surface area contributed by atoms with Crippen LogP contribution in [0.15, 0.2) is 42.5 Å². The lowest BCUT2D eigenvalue weighted by molar-refractivity contribution is -0.116. The number of nitrogens with one attached hydrogen (secondary N) is 1. The number of amides is 1. The zero-order valence-corrected chi connectivity index (χ0v) is 13.4. The van der Waals surface area contributed by atoms with Crippen molar-refractivity contribution in [2.45, 2.75) is 31.7 Å². The lowest BCUT2D eigenvalue weighted by Gasteiger charge is -2.34. The average Bonchev–Trinajstić information content (AvgIpc) is 2.60. The molecule has 1 amide bonds. The number of likely N-dealkylation sites (tertiary alicyclic amines) is 1. The van der Waals surface area contributed by atoms with Gasteiger partial charge in [-0.05, 0) is 30.8 Å². The van der Waals surface area contributed by atoms with E-state index in [4.69, 9.17) is 0 Å². The molecule has 0 saturated carbocycles. The summed E-state index contributed by atoms with van der Waals surface area (Å²) in [5.74, 6) is 0.0311. The maximum atomic E-state index is 12.3. The van der Waals surface area contributed by atoms with E-state index in [2.05, 4.69) is 10.2 Å². The Morgan fingerprint density at radius 2 is 2.00 bits per heavy atom. The monoisotopic (exact) mass is 312 g/mol. The molecule has 1 atom stereocenters. The van der Waals surface area contributed by atoms with Crippen LogP contribution in [0.1, 0.15) is 25.7 Å². The minimum absolute atomic E-state index is 0.0311. The van der Waals surface area contributed by atoms with Gasteiger partial charge >= 0.3 is 0 Å². The van der Waals surface area contributed by atoms with Gasteiger partial charge in [-0.1, -0.05) is 42.8 Å². The third-order valence-electron chi connectivity index (χ3n) is 4.65. The van der Waals surface area contributed by atoms with Gasteiger partial charge in [-0.2, -0.15) is 0 Å². The third kappa shape index (κ3) is 3.89. The lowest BCUT2D eigenvalue weighted by Crippen LogP contribution is -2.43. The van der Waals surface area contributed by atoms with Crippen molar-refractivity contribution in [2.24, 2.45) is 0 Å². The number of carbonyl (C=O) groups excluding carboxylic acids is 1. The second kappa shape index (κ2) is 7.57. The van der Waals surface area contributed by atoms with Crippen LogP contribution in [0, 0.1) is 0 Å². The molecule has 0 radical (unpaired) electrons. The van der Waals surface area contributed by atoms with E-state index < -0.39 is 0 Å². The third-order valence-corrected chi connectivity index (χ3v) is 4.65. The van der Waals surface area contributed by atoms with Crippen LogP contribution in [0.4, 0.5) is 5.69 Å². The zero-order chi connectivity index (χ0) is 16.1. The summed E-state index contributed by atoms with van der Waals surface area (Å²) in [4.78, 5) is 14.5. The predicted octanol–water partition coefficient (Wildman–Crippen LogP) is 3.02. The smallest absolute Gasteiger partial charge is 0.225 e. The second-order valence-electron chi connectivity index (χ2n) is 6.19. The normalized spacial score (nSPS) is 18.9. The van der Waals surface area contributed by atoms with Crippen molar-refractivity contribution >= 4 is 22.4 Å². The summed E-state index contributed by atoms with van der Waals surface area (Å²) in [5.41, 5.74) is 0.866. The van der Waals surface area contributed by atoms with Gasteiger partial charge in [0.2, 0.25) is 5.91 Å². The van der Waals surface area contributed by atoms with E-state index in [0.717, 1.165) is 35.8 Å². The Morgan fingerprint density at radius 3 is 2.87 bits per heavy atom. The fourth-order valence-corrected chi connectivity index (χ4v) is 3.35. The maximum Gasteiger partial charge on any atom is 0.225 e.